The van der Waals surface area contributed by atoms with Crippen LogP contribution in [0.25, 0.3) is 11.3 Å². The van der Waals surface area contributed by atoms with Gasteiger partial charge in [-0.25, -0.2) is 4.98 Å². The molecule has 2 amide bonds. The van der Waals surface area contributed by atoms with E-state index in [4.69, 9.17) is 6.85 Å². The number of rotatable bonds is 5. The number of benzene rings is 1. The number of carbonyl (C=O) groups excluding carboxylic acids is 2. The Kier molecular flexibility index (Phi) is 3.72. The quantitative estimate of drug-likeness (QED) is 0.569. The standard InChI is InChI=1S/C24H24N6O2/c1-25-24(32)17-12-27-20(29-23(31)14-8-9-14)11-19(17)28-18-7-3-6-16-21-15(5-4-10-26-21)13-30(2)22(16)18/h3-7,10-12,14H,8-9,13H2,1-2H3,(H,25,32)(H2,27,28,29,31)/i1D3,13D2. The van der Waals surface area contributed by atoms with Crippen molar-refractivity contribution < 1.29 is 16.4 Å². The summed E-state index contributed by atoms with van der Waals surface area (Å²) in [4.78, 5) is 35.2. The molecule has 0 atom stereocenters. The monoisotopic (exact) mass is 433 g/mol. The molecule has 8 heteroatoms. The molecule has 0 radical (unpaired) electrons. The number of hydrogen-bond acceptors (Lipinski definition) is 6. The van der Waals surface area contributed by atoms with Crippen molar-refractivity contribution >= 4 is 34.7 Å². The summed E-state index contributed by atoms with van der Waals surface area (Å²) in [5.74, 6) is -0.923. The van der Waals surface area contributed by atoms with Gasteiger partial charge in [-0.3, -0.25) is 14.6 Å². The highest BCUT2D eigenvalue weighted by atomic mass is 16.2. The van der Waals surface area contributed by atoms with Crippen LogP contribution in [-0.2, 0) is 11.3 Å². The molecular weight excluding hydrogens is 404 g/mol. The number of anilines is 4. The Bertz CT molecular complexity index is 1410. The van der Waals surface area contributed by atoms with E-state index < -0.39 is 19.4 Å². The number of amides is 2. The van der Waals surface area contributed by atoms with E-state index >= 15 is 0 Å². The van der Waals surface area contributed by atoms with Crippen LogP contribution in [0.5, 0.6) is 0 Å². The van der Waals surface area contributed by atoms with Gasteiger partial charge in [0.15, 0.2) is 0 Å². The van der Waals surface area contributed by atoms with Gasteiger partial charge >= 0.3 is 0 Å². The summed E-state index contributed by atoms with van der Waals surface area (Å²) in [6, 6.07) is 10.1. The maximum Gasteiger partial charge on any atom is 0.254 e. The smallest absolute Gasteiger partial charge is 0.254 e. The predicted octanol–water partition coefficient (Wildman–Crippen LogP) is 3.55. The van der Waals surface area contributed by atoms with Crippen LogP contribution >= 0.6 is 0 Å². The third kappa shape index (κ3) is 3.64. The zero-order valence-electron chi connectivity index (χ0n) is 22.3. The van der Waals surface area contributed by atoms with Crippen molar-refractivity contribution in [1.82, 2.24) is 15.3 Å². The van der Waals surface area contributed by atoms with Crippen LogP contribution in [0.2, 0.25) is 0 Å². The van der Waals surface area contributed by atoms with Crippen LogP contribution in [0.15, 0.2) is 48.8 Å². The molecule has 5 rings (SSSR count). The fraction of sp³-hybridized carbons (Fsp3) is 0.250. The van der Waals surface area contributed by atoms with E-state index in [0.29, 0.717) is 28.2 Å². The molecule has 1 saturated carbocycles. The second kappa shape index (κ2) is 7.96. The topological polar surface area (TPSA) is 99.2 Å². The molecule has 0 saturated heterocycles. The average molecular weight is 434 g/mol. The largest absolute Gasteiger partial charge is 0.368 e. The Morgan fingerprint density at radius 1 is 1.19 bits per heavy atom. The van der Waals surface area contributed by atoms with E-state index in [0.717, 1.165) is 12.8 Å². The van der Waals surface area contributed by atoms with E-state index in [2.05, 4.69) is 20.6 Å². The van der Waals surface area contributed by atoms with Gasteiger partial charge in [0, 0.05) is 54.6 Å². The van der Waals surface area contributed by atoms with Gasteiger partial charge in [-0.2, -0.15) is 0 Å². The zero-order valence-corrected chi connectivity index (χ0v) is 17.3. The van der Waals surface area contributed by atoms with E-state index in [1.54, 1.807) is 37.5 Å². The van der Waals surface area contributed by atoms with Crippen molar-refractivity contribution in [1.29, 1.82) is 0 Å². The molecule has 3 heterocycles. The summed E-state index contributed by atoms with van der Waals surface area (Å²) in [5.41, 5.74) is 2.69. The molecule has 2 aliphatic rings. The summed E-state index contributed by atoms with van der Waals surface area (Å²) in [5, 5.41) is 7.84. The number of pyridine rings is 2. The van der Waals surface area contributed by atoms with Gasteiger partial charge in [-0.1, -0.05) is 18.2 Å². The first-order valence-electron chi connectivity index (χ1n) is 12.7. The number of hydrogen-bond donors (Lipinski definition) is 3. The first-order chi connectivity index (χ1) is 17.5. The Labute approximate surface area is 193 Å². The number of nitrogens with zero attached hydrogens (tertiary/aromatic N) is 3. The third-order valence-corrected chi connectivity index (χ3v) is 5.45. The molecule has 2 aromatic heterocycles. The molecule has 1 aromatic carbocycles. The molecule has 1 aliphatic heterocycles. The summed E-state index contributed by atoms with van der Waals surface area (Å²) in [6.07, 6.45) is 4.40. The Hall–Kier alpha value is -3.94. The number of para-hydroxylation sites is 1. The van der Waals surface area contributed by atoms with Gasteiger partial charge in [0.25, 0.3) is 5.91 Å². The van der Waals surface area contributed by atoms with Crippen LogP contribution in [0.3, 0.4) is 0 Å². The van der Waals surface area contributed by atoms with Crippen LogP contribution in [-0.4, -0.2) is 35.8 Å². The maximum atomic E-state index is 12.8. The second-order valence-corrected chi connectivity index (χ2v) is 7.73. The number of fused-ring (bicyclic) bond motifs is 3. The predicted molar refractivity (Wildman–Crippen MR) is 124 cm³/mol. The van der Waals surface area contributed by atoms with Gasteiger partial charge in [0.2, 0.25) is 5.91 Å². The fourth-order valence-electron chi connectivity index (χ4n) is 3.74. The Balaban J connectivity index is 1.59. The first-order valence-corrected chi connectivity index (χ1v) is 10.2. The molecular formula is C24H24N6O2. The van der Waals surface area contributed by atoms with Crippen LogP contribution in [0.1, 0.15) is 35.6 Å². The lowest BCUT2D eigenvalue weighted by atomic mass is 9.97. The molecule has 162 valence electrons. The SMILES string of the molecule is [2H]C([2H])([2H])NC(=O)c1cnc(NC(=O)C2CC2)cc1Nc1cccc2c1N(C)C([2H])([2H])c1cccnc1-2. The van der Waals surface area contributed by atoms with E-state index in [9.17, 15) is 9.59 Å². The Morgan fingerprint density at radius 3 is 2.88 bits per heavy atom. The molecule has 3 aromatic rings. The highest BCUT2D eigenvalue weighted by molar-refractivity contribution is 6.02. The van der Waals surface area contributed by atoms with Crippen molar-refractivity contribution in [3.63, 3.8) is 0 Å². The minimum absolute atomic E-state index is 0.0573. The molecule has 0 spiro atoms. The minimum Gasteiger partial charge on any atom is -0.368 e. The summed E-state index contributed by atoms with van der Waals surface area (Å²) in [6.45, 7) is -4.59. The summed E-state index contributed by atoms with van der Waals surface area (Å²) < 4.78 is 39.7. The molecule has 3 N–H and O–H groups in total. The molecule has 0 bridgehead atoms. The maximum absolute atomic E-state index is 12.8. The van der Waals surface area contributed by atoms with Crippen molar-refractivity contribution in [3.8, 4) is 11.3 Å². The van der Waals surface area contributed by atoms with Crippen LogP contribution < -0.4 is 20.9 Å². The van der Waals surface area contributed by atoms with Crippen molar-refractivity contribution in [2.45, 2.75) is 19.3 Å². The molecule has 0 unspecified atom stereocenters. The summed E-state index contributed by atoms with van der Waals surface area (Å²) in [7, 11) is 1.62. The van der Waals surface area contributed by atoms with Crippen molar-refractivity contribution in [2.75, 3.05) is 29.6 Å². The second-order valence-electron chi connectivity index (χ2n) is 7.73. The van der Waals surface area contributed by atoms with Crippen molar-refractivity contribution in [3.05, 3.63) is 59.9 Å². The van der Waals surface area contributed by atoms with Gasteiger partial charge in [0.05, 0.1) is 31.1 Å². The normalized spacial score (nSPS) is 18.5. The van der Waals surface area contributed by atoms with E-state index in [1.165, 1.54) is 17.2 Å². The van der Waals surface area contributed by atoms with E-state index in [-0.39, 0.29) is 28.9 Å². The lowest BCUT2D eigenvalue weighted by Gasteiger charge is -2.31. The lowest BCUT2D eigenvalue weighted by molar-refractivity contribution is -0.117. The molecule has 32 heavy (non-hydrogen) atoms. The molecule has 8 nitrogen and oxygen atoms in total. The number of carbonyl (C=O) groups is 2. The number of nitrogens with one attached hydrogen (secondary N) is 3. The summed E-state index contributed by atoms with van der Waals surface area (Å²) >= 11 is 0. The first kappa shape index (κ1) is 15.0. The van der Waals surface area contributed by atoms with Gasteiger partial charge in [0.1, 0.15) is 5.82 Å². The highest BCUT2D eigenvalue weighted by Crippen LogP contribution is 2.43. The van der Waals surface area contributed by atoms with Crippen LogP contribution in [0.4, 0.5) is 22.9 Å². The molecule has 1 aliphatic carbocycles. The third-order valence-electron chi connectivity index (χ3n) is 5.45. The fourth-order valence-corrected chi connectivity index (χ4v) is 3.74. The number of aromatic nitrogens is 2. The highest BCUT2D eigenvalue weighted by Gasteiger charge is 2.30. The van der Waals surface area contributed by atoms with E-state index in [1.807, 2.05) is 11.4 Å². The van der Waals surface area contributed by atoms with Gasteiger partial charge in [-0.15, -0.1) is 0 Å². The van der Waals surface area contributed by atoms with Crippen molar-refractivity contribution in [2.24, 2.45) is 5.92 Å². The molecule has 1 fully saturated rings. The van der Waals surface area contributed by atoms with Gasteiger partial charge < -0.3 is 20.9 Å². The Morgan fingerprint density at radius 2 is 2.06 bits per heavy atom. The lowest BCUT2D eigenvalue weighted by Crippen LogP contribution is -2.24. The average Bonchev–Trinajstić information content (AvgIpc) is 3.68. The van der Waals surface area contributed by atoms with Gasteiger partial charge in [-0.05, 0) is 30.5 Å². The minimum atomic E-state index is -2.72. The zero-order chi connectivity index (χ0) is 26.5. The van der Waals surface area contributed by atoms with Crippen LogP contribution in [0, 0.1) is 5.92 Å².